The molecule has 0 spiro atoms. The van der Waals surface area contributed by atoms with Crippen LogP contribution in [0.1, 0.15) is 20.3 Å². The van der Waals surface area contributed by atoms with Gasteiger partial charge in [-0.25, -0.2) is 9.59 Å². The van der Waals surface area contributed by atoms with Crippen LogP contribution in [0, 0.1) is 0 Å². The fraction of sp³-hybridized carbons (Fsp3) is 0.667. The standard InChI is InChI=1S/C15H23NO9/c1-8(6-15(2,14(22)23)25-4-3-17)12(19)16-9-7-24-11(13(20)21)5-10(9)18/h6,9-11,17-18H,3-5,7H2,1-2H3,(H,16,19)(H,20,21)(H,22,23)/b8-6+/t9?,10?,11-,15?/m0/s1. The van der Waals surface area contributed by atoms with Crippen LogP contribution in [-0.4, -0.2) is 81.9 Å². The summed E-state index contributed by atoms with van der Waals surface area (Å²) in [5.74, 6) is -3.18. The fourth-order valence-corrected chi connectivity index (χ4v) is 2.28. The Morgan fingerprint density at radius 2 is 2.00 bits per heavy atom. The summed E-state index contributed by atoms with van der Waals surface area (Å²) < 4.78 is 10.1. The van der Waals surface area contributed by atoms with E-state index in [0.29, 0.717) is 0 Å². The topological polar surface area (TPSA) is 163 Å². The van der Waals surface area contributed by atoms with E-state index >= 15 is 0 Å². The molecule has 0 aromatic carbocycles. The van der Waals surface area contributed by atoms with Crippen LogP contribution in [0.5, 0.6) is 0 Å². The third-order valence-electron chi connectivity index (χ3n) is 3.76. The number of aliphatic hydroxyl groups excluding tert-OH is 2. The Labute approximate surface area is 144 Å². The molecule has 1 fully saturated rings. The van der Waals surface area contributed by atoms with Crippen LogP contribution in [-0.2, 0) is 23.9 Å². The second-order valence-corrected chi connectivity index (χ2v) is 5.85. The van der Waals surface area contributed by atoms with Gasteiger partial charge in [-0.2, -0.15) is 0 Å². The van der Waals surface area contributed by atoms with Crippen LogP contribution in [0.4, 0.5) is 0 Å². The fourth-order valence-electron chi connectivity index (χ4n) is 2.28. The molecule has 5 N–H and O–H groups in total. The average molecular weight is 361 g/mol. The Morgan fingerprint density at radius 3 is 2.48 bits per heavy atom. The van der Waals surface area contributed by atoms with Crippen molar-refractivity contribution >= 4 is 17.8 Å². The molecule has 1 aliphatic heterocycles. The molecular weight excluding hydrogens is 338 g/mol. The Kier molecular flexibility index (Phi) is 7.49. The number of hydrogen-bond acceptors (Lipinski definition) is 7. The largest absolute Gasteiger partial charge is 0.479 e. The molecule has 0 aliphatic carbocycles. The summed E-state index contributed by atoms with van der Waals surface area (Å²) in [5, 5.41) is 39.2. The van der Waals surface area contributed by atoms with Gasteiger partial charge >= 0.3 is 11.9 Å². The first kappa shape index (κ1) is 21.0. The highest BCUT2D eigenvalue weighted by Gasteiger charge is 2.36. The van der Waals surface area contributed by atoms with Gasteiger partial charge in [-0.05, 0) is 19.9 Å². The molecule has 0 bridgehead atoms. The monoisotopic (exact) mass is 361 g/mol. The minimum absolute atomic E-state index is 0.0235. The number of ether oxygens (including phenoxy) is 2. The highest BCUT2D eigenvalue weighted by molar-refractivity contribution is 5.94. The van der Waals surface area contributed by atoms with Gasteiger partial charge in [0.05, 0.1) is 32.0 Å². The van der Waals surface area contributed by atoms with Gasteiger partial charge in [-0.3, -0.25) is 4.79 Å². The summed E-state index contributed by atoms with van der Waals surface area (Å²) in [6.45, 7) is 1.82. The van der Waals surface area contributed by atoms with Gasteiger partial charge in [0.2, 0.25) is 5.91 Å². The Hall–Kier alpha value is -2.01. The van der Waals surface area contributed by atoms with Crippen molar-refractivity contribution in [2.24, 2.45) is 0 Å². The molecular formula is C15H23NO9. The molecule has 0 saturated carbocycles. The highest BCUT2D eigenvalue weighted by Crippen LogP contribution is 2.18. The van der Waals surface area contributed by atoms with Crippen LogP contribution >= 0.6 is 0 Å². The van der Waals surface area contributed by atoms with Crippen molar-refractivity contribution in [3.05, 3.63) is 11.6 Å². The van der Waals surface area contributed by atoms with Crippen LogP contribution < -0.4 is 5.32 Å². The minimum atomic E-state index is -1.81. The molecule has 142 valence electrons. The van der Waals surface area contributed by atoms with Gasteiger partial charge in [0.25, 0.3) is 0 Å². The first-order valence-corrected chi connectivity index (χ1v) is 7.61. The number of carboxylic acids is 2. The van der Waals surface area contributed by atoms with E-state index in [4.69, 9.17) is 19.7 Å². The Morgan fingerprint density at radius 1 is 1.36 bits per heavy atom. The lowest BCUT2D eigenvalue weighted by Gasteiger charge is -2.32. The zero-order chi connectivity index (χ0) is 19.2. The molecule has 10 heteroatoms. The van der Waals surface area contributed by atoms with Crippen LogP contribution in [0.3, 0.4) is 0 Å². The smallest absolute Gasteiger partial charge is 0.339 e. The molecule has 1 rings (SSSR count). The molecule has 0 aromatic heterocycles. The summed E-state index contributed by atoms with van der Waals surface area (Å²) in [7, 11) is 0. The normalized spacial score (nSPS) is 26.6. The van der Waals surface area contributed by atoms with Crippen molar-refractivity contribution in [2.75, 3.05) is 19.8 Å². The maximum absolute atomic E-state index is 12.2. The maximum atomic E-state index is 12.2. The van der Waals surface area contributed by atoms with E-state index < -0.39 is 41.7 Å². The van der Waals surface area contributed by atoms with Gasteiger partial charge in [0.1, 0.15) is 0 Å². The average Bonchev–Trinajstić information content (AvgIpc) is 2.54. The number of rotatable bonds is 8. The summed E-state index contributed by atoms with van der Waals surface area (Å²) >= 11 is 0. The summed E-state index contributed by atoms with van der Waals surface area (Å²) in [5.41, 5.74) is -1.78. The SMILES string of the molecule is C/C(=C\C(C)(OCCO)C(=O)O)C(=O)NC1CO[C@H](C(=O)O)CC1O. The van der Waals surface area contributed by atoms with Crippen molar-refractivity contribution in [3.63, 3.8) is 0 Å². The first-order valence-electron chi connectivity index (χ1n) is 7.61. The predicted molar refractivity (Wildman–Crippen MR) is 82.8 cm³/mol. The van der Waals surface area contributed by atoms with Crippen LogP contribution in [0.15, 0.2) is 11.6 Å². The van der Waals surface area contributed by atoms with Crippen LogP contribution in [0.25, 0.3) is 0 Å². The number of carbonyl (C=O) groups excluding carboxylic acids is 1. The van der Waals surface area contributed by atoms with Crippen molar-refractivity contribution in [2.45, 2.75) is 44.1 Å². The van der Waals surface area contributed by atoms with Crippen molar-refractivity contribution in [1.29, 1.82) is 0 Å². The third kappa shape index (κ3) is 5.78. The van der Waals surface area contributed by atoms with E-state index in [1.165, 1.54) is 13.8 Å². The van der Waals surface area contributed by atoms with Gasteiger partial charge in [-0.15, -0.1) is 0 Å². The molecule has 4 atom stereocenters. The summed E-state index contributed by atoms with van der Waals surface area (Å²) in [6.07, 6.45) is -1.32. The molecule has 1 aliphatic rings. The lowest BCUT2D eigenvalue weighted by Crippen LogP contribution is -2.53. The van der Waals surface area contributed by atoms with E-state index in [0.717, 1.165) is 6.08 Å². The lowest BCUT2D eigenvalue weighted by molar-refractivity contribution is -0.160. The van der Waals surface area contributed by atoms with E-state index in [-0.39, 0.29) is 31.8 Å². The van der Waals surface area contributed by atoms with E-state index in [2.05, 4.69) is 5.32 Å². The van der Waals surface area contributed by atoms with Gasteiger partial charge in [0.15, 0.2) is 11.7 Å². The number of hydrogen-bond donors (Lipinski definition) is 5. The van der Waals surface area contributed by atoms with Gasteiger partial charge in [0, 0.05) is 12.0 Å². The highest BCUT2D eigenvalue weighted by atomic mass is 16.5. The summed E-state index contributed by atoms with van der Waals surface area (Å²) in [4.78, 5) is 34.3. The molecule has 25 heavy (non-hydrogen) atoms. The maximum Gasteiger partial charge on any atom is 0.339 e. The molecule has 0 aromatic rings. The first-order chi connectivity index (χ1) is 11.6. The van der Waals surface area contributed by atoms with E-state index in [1.807, 2.05) is 0 Å². The summed E-state index contributed by atoms with van der Waals surface area (Å²) in [6, 6.07) is -0.819. The van der Waals surface area contributed by atoms with E-state index in [9.17, 15) is 24.6 Å². The van der Waals surface area contributed by atoms with Gasteiger partial charge < -0.3 is 35.2 Å². The predicted octanol–water partition coefficient (Wildman–Crippen LogP) is -1.50. The number of carboxylic acid groups (broad SMARTS) is 2. The number of nitrogens with one attached hydrogen (secondary N) is 1. The quantitative estimate of drug-likeness (QED) is 0.324. The zero-order valence-corrected chi connectivity index (χ0v) is 14.0. The molecule has 0 radical (unpaired) electrons. The number of aliphatic hydroxyl groups is 2. The zero-order valence-electron chi connectivity index (χ0n) is 14.0. The minimum Gasteiger partial charge on any atom is -0.479 e. The molecule has 1 amide bonds. The Bertz CT molecular complexity index is 547. The van der Waals surface area contributed by atoms with Crippen molar-refractivity contribution in [1.82, 2.24) is 5.32 Å². The molecule has 1 saturated heterocycles. The molecule has 3 unspecified atom stereocenters. The van der Waals surface area contributed by atoms with Crippen molar-refractivity contribution < 1.29 is 44.3 Å². The second-order valence-electron chi connectivity index (χ2n) is 5.85. The number of carbonyl (C=O) groups is 3. The lowest BCUT2D eigenvalue weighted by atomic mass is 10.00. The third-order valence-corrected chi connectivity index (χ3v) is 3.76. The Balaban J connectivity index is 2.75. The van der Waals surface area contributed by atoms with Crippen molar-refractivity contribution in [3.8, 4) is 0 Å². The second kappa shape index (κ2) is 8.90. The molecule has 1 heterocycles. The number of aliphatic carboxylic acids is 2. The van der Waals surface area contributed by atoms with Crippen LogP contribution in [0.2, 0.25) is 0 Å². The number of amides is 1. The van der Waals surface area contributed by atoms with E-state index in [1.54, 1.807) is 0 Å². The van der Waals surface area contributed by atoms with Gasteiger partial charge in [-0.1, -0.05) is 0 Å². The molecule has 10 nitrogen and oxygen atoms in total.